The van der Waals surface area contributed by atoms with Crippen LogP contribution in [-0.2, 0) is 9.47 Å². The van der Waals surface area contributed by atoms with Gasteiger partial charge in [0.1, 0.15) is 5.60 Å². The Morgan fingerprint density at radius 2 is 1.43 bits per heavy atom. The highest BCUT2D eigenvalue weighted by atomic mass is 35.5. The molecule has 0 aromatic carbocycles. The molecule has 2 aliphatic rings. The predicted octanol–water partition coefficient (Wildman–Crippen LogP) is 13.2. The van der Waals surface area contributed by atoms with E-state index in [9.17, 15) is 0 Å². The fraction of sp³-hybridized carbons (Fsp3) is 0.705. The van der Waals surface area contributed by atoms with Crippen LogP contribution < -0.4 is 0 Å². The van der Waals surface area contributed by atoms with Gasteiger partial charge in [-0.2, -0.15) is 0 Å². The van der Waals surface area contributed by atoms with Gasteiger partial charge in [-0.1, -0.05) is 105 Å². The summed E-state index contributed by atoms with van der Waals surface area (Å²) >= 11 is 5.87. The summed E-state index contributed by atoms with van der Waals surface area (Å²) in [4.78, 5) is 11.6. The largest absolute Gasteiger partial charge is 0.474 e. The van der Waals surface area contributed by atoms with Crippen LogP contribution in [0.3, 0.4) is 0 Å². The van der Waals surface area contributed by atoms with Crippen LogP contribution in [0.25, 0.3) is 0 Å². The van der Waals surface area contributed by atoms with Crippen molar-refractivity contribution >= 4 is 17.3 Å². The van der Waals surface area contributed by atoms with E-state index in [-0.39, 0.29) is 5.60 Å². The summed E-state index contributed by atoms with van der Waals surface area (Å²) in [5.74, 6) is 0.774. The number of hydrogen-bond acceptors (Lipinski definition) is 6. The van der Waals surface area contributed by atoms with Crippen molar-refractivity contribution in [3.63, 3.8) is 0 Å². The zero-order chi connectivity index (χ0) is 40.4. The number of halogens is 1. The third-order valence-corrected chi connectivity index (χ3v) is 7.22. The highest BCUT2D eigenvalue weighted by Crippen LogP contribution is 2.23. The second-order valence-corrected chi connectivity index (χ2v) is 13.7. The van der Waals surface area contributed by atoms with Crippen molar-refractivity contribution in [3.8, 4) is 0 Å². The second kappa shape index (κ2) is 35.9. The van der Waals surface area contributed by atoms with Gasteiger partial charge < -0.3 is 24.2 Å². The Bertz CT molecular complexity index is 1040. The Balaban J connectivity index is -0.000000374. The van der Waals surface area contributed by atoms with E-state index in [1.165, 1.54) is 41.8 Å². The molecule has 0 N–H and O–H groups in total. The molecule has 0 unspecified atom stereocenters. The van der Waals surface area contributed by atoms with Crippen molar-refractivity contribution in [2.45, 2.75) is 155 Å². The van der Waals surface area contributed by atoms with Crippen LogP contribution in [0.5, 0.6) is 0 Å². The van der Waals surface area contributed by atoms with Gasteiger partial charge in [-0.05, 0) is 92.0 Å². The summed E-state index contributed by atoms with van der Waals surface area (Å²) in [6.45, 7) is 43.3. The molecule has 2 aliphatic heterocycles. The molecule has 0 aliphatic carbocycles. The molecule has 0 atom stereocenters. The van der Waals surface area contributed by atoms with Crippen LogP contribution >= 0.6 is 11.6 Å². The van der Waals surface area contributed by atoms with E-state index in [0.717, 1.165) is 75.2 Å². The SMILES string of the molecule is C=C(OC(C)(C)C)N1CCN(/C(C)=C(C(\C)=C/C)/C(C)=N/C=C/CC)CC1.CC.CCC.CCC.CCCC1=CC(Cl)=CCN1C.CCCOC. The fourth-order valence-electron chi connectivity index (χ4n) is 4.57. The topological polar surface area (TPSA) is 40.5 Å². The predicted molar refractivity (Wildman–Crippen MR) is 233 cm³/mol. The number of rotatable bonds is 11. The van der Waals surface area contributed by atoms with Crippen LogP contribution in [-0.4, -0.2) is 79.5 Å². The fourth-order valence-corrected chi connectivity index (χ4v) is 4.77. The van der Waals surface area contributed by atoms with E-state index in [1.807, 2.05) is 26.1 Å². The molecule has 0 aromatic heterocycles. The van der Waals surface area contributed by atoms with E-state index in [2.05, 4.69) is 148 Å². The van der Waals surface area contributed by atoms with Crippen LogP contribution in [0.15, 0.2) is 75.5 Å². The molecule has 0 saturated carbocycles. The lowest BCUT2D eigenvalue weighted by Gasteiger charge is -2.40. The molecular weight excluding hydrogens is 652 g/mol. The zero-order valence-electron chi connectivity index (χ0n) is 37.1. The monoisotopic (exact) mass is 737 g/mol. The number of methoxy groups -OCH3 is 1. The summed E-state index contributed by atoms with van der Waals surface area (Å²) in [6.07, 6.45) is 17.2. The van der Waals surface area contributed by atoms with Crippen LogP contribution in [0.1, 0.15) is 149 Å². The summed E-state index contributed by atoms with van der Waals surface area (Å²) in [5, 5.41) is 0.881. The number of likely N-dealkylation sites (N-methyl/N-ethyl adjacent to an activating group) is 1. The number of aliphatic imine (C=N–C) groups is 1. The lowest BCUT2D eigenvalue weighted by atomic mass is 10.00. The van der Waals surface area contributed by atoms with E-state index in [1.54, 1.807) is 7.11 Å². The first kappa shape index (κ1) is 55.3. The van der Waals surface area contributed by atoms with E-state index < -0.39 is 0 Å². The normalized spacial score (nSPS) is 15.1. The maximum absolute atomic E-state index is 5.93. The Morgan fingerprint density at radius 3 is 1.82 bits per heavy atom. The lowest BCUT2D eigenvalue weighted by molar-refractivity contribution is -0.00707. The quantitative estimate of drug-likeness (QED) is 0.120. The van der Waals surface area contributed by atoms with E-state index >= 15 is 0 Å². The summed E-state index contributed by atoms with van der Waals surface area (Å²) in [6, 6.07) is 0. The van der Waals surface area contributed by atoms with Crippen molar-refractivity contribution < 1.29 is 9.47 Å². The molecule has 1 saturated heterocycles. The average molecular weight is 738 g/mol. The Morgan fingerprint density at radius 1 is 0.922 bits per heavy atom. The number of hydrogen-bond donors (Lipinski definition) is 0. The minimum Gasteiger partial charge on any atom is -0.474 e. The standard InChI is InChI=1S/C23H39N3O.C9H14ClN.C4H10O.2C3H8.C2H6/c1-10-12-13-24-19(4)22(18(3)11-2)20(5)25-14-16-26(17-15-25)21(6)27-23(7,8)9;1-3-4-9-7-8(10)5-6-11(9)2;1-3-4-5-2;2*1-3-2;1-2/h11-13H,6,10,14-17H2,1-5,7-9H3;5,7H,3-4,6H2,1-2H3;3-4H2,1-2H3;2*3H2,1-2H3;1-2H3/b13-12+,18-11-,22-20+,24-19+;;;;;. The molecule has 300 valence electrons. The van der Waals surface area contributed by atoms with Gasteiger partial charge in [-0.15, -0.1) is 0 Å². The molecule has 51 heavy (non-hydrogen) atoms. The minimum absolute atomic E-state index is 0.209. The molecule has 0 spiro atoms. The molecule has 2 rings (SSSR count). The van der Waals surface area contributed by atoms with Crippen molar-refractivity contribution in [2.75, 3.05) is 53.5 Å². The summed E-state index contributed by atoms with van der Waals surface area (Å²) in [5.41, 5.74) is 6.01. The summed E-state index contributed by atoms with van der Waals surface area (Å²) < 4.78 is 10.6. The molecule has 0 radical (unpaired) electrons. The highest BCUT2D eigenvalue weighted by Gasteiger charge is 2.23. The third kappa shape index (κ3) is 29.8. The maximum Gasteiger partial charge on any atom is 0.182 e. The molecule has 1 fully saturated rings. The van der Waals surface area contributed by atoms with E-state index in [0.29, 0.717) is 0 Å². The second-order valence-electron chi connectivity index (χ2n) is 13.3. The van der Waals surface area contributed by atoms with Crippen molar-refractivity contribution in [1.82, 2.24) is 14.7 Å². The van der Waals surface area contributed by atoms with Gasteiger partial charge in [-0.25, -0.2) is 0 Å². The third-order valence-electron chi connectivity index (χ3n) is 6.96. The van der Waals surface area contributed by atoms with Crippen LogP contribution in [0.2, 0.25) is 0 Å². The molecule has 2 heterocycles. The van der Waals surface area contributed by atoms with Crippen molar-refractivity contribution in [2.24, 2.45) is 4.99 Å². The number of piperazine rings is 1. The number of nitrogens with zero attached hydrogens (tertiary/aromatic N) is 4. The molecule has 0 amide bonds. The zero-order valence-corrected chi connectivity index (χ0v) is 37.8. The Hall–Kier alpha value is -2.44. The molecule has 7 heteroatoms. The Kier molecular flexibility index (Phi) is 39.0. The van der Waals surface area contributed by atoms with Gasteiger partial charge in [0.15, 0.2) is 5.88 Å². The molecular formula is C44H85ClN4O2. The lowest BCUT2D eigenvalue weighted by Crippen LogP contribution is -2.46. The smallest absolute Gasteiger partial charge is 0.182 e. The molecule has 6 nitrogen and oxygen atoms in total. The number of allylic oxidation sites excluding steroid dienone is 8. The highest BCUT2D eigenvalue weighted by molar-refractivity contribution is 6.31. The van der Waals surface area contributed by atoms with Gasteiger partial charge in [0, 0.05) is 87.4 Å². The Labute approximate surface area is 324 Å². The van der Waals surface area contributed by atoms with Gasteiger partial charge in [0.25, 0.3) is 0 Å². The first-order chi connectivity index (χ1) is 24.1. The average Bonchev–Trinajstić information content (AvgIpc) is 3.08. The first-order valence-electron chi connectivity index (χ1n) is 19.8. The molecule has 0 bridgehead atoms. The summed E-state index contributed by atoms with van der Waals surface area (Å²) in [7, 11) is 3.81. The molecule has 0 aromatic rings. The minimum atomic E-state index is -0.209. The van der Waals surface area contributed by atoms with E-state index in [4.69, 9.17) is 21.1 Å². The van der Waals surface area contributed by atoms with Gasteiger partial charge in [-0.3, -0.25) is 4.99 Å². The van der Waals surface area contributed by atoms with Crippen molar-refractivity contribution in [3.05, 3.63) is 70.5 Å². The van der Waals surface area contributed by atoms with Gasteiger partial charge >= 0.3 is 0 Å². The first-order valence-corrected chi connectivity index (χ1v) is 20.1. The van der Waals surface area contributed by atoms with Crippen molar-refractivity contribution in [1.29, 1.82) is 0 Å². The maximum atomic E-state index is 5.93. The van der Waals surface area contributed by atoms with Crippen LogP contribution in [0.4, 0.5) is 0 Å². The van der Waals surface area contributed by atoms with Crippen LogP contribution in [0, 0.1) is 0 Å². The number of ether oxygens (including phenoxy) is 2. The van der Waals surface area contributed by atoms with Gasteiger partial charge in [0.2, 0.25) is 0 Å². The van der Waals surface area contributed by atoms with Gasteiger partial charge in [0.05, 0.1) is 0 Å².